The quantitative estimate of drug-likeness (QED) is 0.655. The highest BCUT2D eigenvalue weighted by Gasteiger charge is 2.19. The van der Waals surface area contributed by atoms with E-state index >= 15 is 0 Å². The number of carbonyl (C=O) groups is 1. The van der Waals surface area contributed by atoms with Crippen LogP contribution < -0.4 is 0 Å². The van der Waals surface area contributed by atoms with Crippen LogP contribution in [0.4, 0.5) is 0 Å². The first kappa shape index (κ1) is 16.3. The maximum atomic E-state index is 11.3. The second-order valence-electron chi connectivity index (χ2n) is 4.15. The Kier molecular flexibility index (Phi) is 6.10. The van der Waals surface area contributed by atoms with Crippen molar-refractivity contribution >= 4 is 40.9 Å². The second kappa shape index (κ2) is 7.12. The molecule has 0 spiro atoms. The number of halogens is 2. The molecule has 0 aliphatic heterocycles. The lowest BCUT2D eigenvalue weighted by Gasteiger charge is -2.11. The van der Waals surface area contributed by atoms with Gasteiger partial charge in [-0.3, -0.25) is 0 Å². The maximum absolute atomic E-state index is 11.3. The number of hydrogen-bond acceptors (Lipinski definition) is 4. The summed E-state index contributed by atoms with van der Waals surface area (Å²) >= 11 is 12.5. The van der Waals surface area contributed by atoms with Crippen molar-refractivity contribution in [3.05, 3.63) is 27.6 Å². The zero-order valence-corrected chi connectivity index (χ0v) is 13.1. The minimum absolute atomic E-state index is 0.119. The summed E-state index contributed by atoms with van der Waals surface area (Å²) in [6.45, 7) is 5.57. The van der Waals surface area contributed by atoms with Crippen molar-refractivity contribution in [2.75, 3.05) is 5.75 Å². The molecule has 7 heteroatoms. The first-order chi connectivity index (χ1) is 8.86. The van der Waals surface area contributed by atoms with Gasteiger partial charge in [0.25, 0.3) is 0 Å². The standard InChI is InChI=1S/C12H14Cl2N2O2S/c1-6(2)10-15-7(3)9(12(17)18)11(16-10)19-5-8(14)4-13/h4,6H,5H2,1-3H3,(H,17,18). The lowest BCUT2D eigenvalue weighted by Crippen LogP contribution is -2.10. The van der Waals surface area contributed by atoms with E-state index in [-0.39, 0.29) is 11.5 Å². The molecule has 19 heavy (non-hydrogen) atoms. The summed E-state index contributed by atoms with van der Waals surface area (Å²) in [5.74, 6) is 0.0801. The molecule has 0 amide bonds. The minimum atomic E-state index is -1.04. The number of hydrogen-bond donors (Lipinski definition) is 1. The Labute approximate surface area is 126 Å². The van der Waals surface area contributed by atoms with Gasteiger partial charge in [0, 0.05) is 22.2 Å². The van der Waals surface area contributed by atoms with Crippen LogP contribution in [0.5, 0.6) is 0 Å². The average Bonchev–Trinajstić information content (AvgIpc) is 2.34. The Hall–Kier alpha value is -0.780. The smallest absolute Gasteiger partial charge is 0.340 e. The number of carboxylic acid groups (broad SMARTS) is 1. The summed E-state index contributed by atoms with van der Waals surface area (Å²) < 4.78 is 0. The summed E-state index contributed by atoms with van der Waals surface area (Å²) in [6.07, 6.45) is 0. The molecule has 0 saturated carbocycles. The fraction of sp³-hybridized carbons (Fsp3) is 0.417. The van der Waals surface area contributed by atoms with Gasteiger partial charge < -0.3 is 5.11 Å². The molecule has 0 aliphatic carbocycles. The number of thioether (sulfide) groups is 1. The predicted molar refractivity (Wildman–Crippen MR) is 78.3 cm³/mol. The van der Waals surface area contributed by atoms with Crippen molar-refractivity contribution in [2.24, 2.45) is 0 Å². The molecule has 4 nitrogen and oxygen atoms in total. The van der Waals surface area contributed by atoms with Crippen LogP contribution in [-0.4, -0.2) is 26.8 Å². The highest BCUT2D eigenvalue weighted by molar-refractivity contribution is 7.99. The van der Waals surface area contributed by atoms with E-state index in [1.807, 2.05) is 13.8 Å². The molecule has 0 fully saturated rings. The second-order valence-corrected chi connectivity index (χ2v) is 5.82. The highest BCUT2D eigenvalue weighted by atomic mass is 35.5. The average molecular weight is 321 g/mol. The van der Waals surface area contributed by atoms with Crippen LogP contribution in [0.15, 0.2) is 15.6 Å². The fourth-order valence-electron chi connectivity index (χ4n) is 1.35. The number of aromatic nitrogens is 2. The zero-order valence-electron chi connectivity index (χ0n) is 10.8. The van der Waals surface area contributed by atoms with E-state index in [0.29, 0.717) is 27.3 Å². The summed E-state index contributed by atoms with van der Waals surface area (Å²) in [4.78, 5) is 19.8. The normalized spacial score (nSPS) is 12.0. The Morgan fingerprint density at radius 3 is 2.58 bits per heavy atom. The Bertz CT molecular complexity index is 519. The largest absolute Gasteiger partial charge is 0.478 e. The van der Waals surface area contributed by atoms with E-state index in [0.717, 1.165) is 0 Å². The van der Waals surface area contributed by atoms with Gasteiger partial charge in [-0.25, -0.2) is 14.8 Å². The van der Waals surface area contributed by atoms with Gasteiger partial charge in [0.1, 0.15) is 16.4 Å². The molecule has 104 valence electrons. The van der Waals surface area contributed by atoms with Gasteiger partial charge in [-0.05, 0) is 6.92 Å². The highest BCUT2D eigenvalue weighted by Crippen LogP contribution is 2.27. The van der Waals surface area contributed by atoms with E-state index in [1.54, 1.807) is 6.92 Å². The molecule has 0 atom stereocenters. The molecule has 1 aromatic heterocycles. The lowest BCUT2D eigenvalue weighted by atomic mass is 10.2. The molecule has 1 aromatic rings. The maximum Gasteiger partial charge on any atom is 0.340 e. The van der Waals surface area contributed by atoms with Gasteiger partial charge in [0.15, 0.2) is 0 Å². The molecule has 0 radical (unpaired) electrons. The van der Waals surface area contributed by atoms with Crippen LogP contribution in [0.3, 0.4) is 0 Å². The van der Waals surface area contributed by atoms with Crippen molar-refractivity contribution in [3.63, 3.8) is 0 Å². The summed E-state index contributed by atoms with van der Waals surface area (Å²) in [5, 5.41) is 10.1. The zero-order chi connectivity index (χ0) is 14.6. The van der Waals surface area contributed by atoms with E-state index in [1.165, 1.54) is 17.3 Å². The molecule has 1 heterocycles. The van der Waals surface area contributed by atoms with Crippen LogP contribution in [0.2, 0.25) is 0 Å². The van der Waals surface area contributed by atoms with Crippen LogP contribution >= 0.6 is 35.0 Å². The lowest BCUT2D eigenvalue weighted by molar-refractivity contribution is 0.0690. The van der Waals surface area contributed by atoms with E-state index in [4.69, 9.17) is 23.2 Å². The van der Waals surface area contributed by atoms with Crippen LogP contribution in [0.25, 0.3) is 0 Å². The molecule has 0 aliphatic rings. The number of rotatable bonds is 5. The number of carboxylic acids is 1. The number of aryl methyl sites for hydroxylation is 1. The molecular weight excluding hydrogens is 307 g/mol. The predicted octanol–water partition coefficient (Wildman–Crippen LogP) is 4.02. The first-order valence-electron chi connectivity index (χ1n) is 5.56. The topological polar surface area (TPSA) is 63.1 Å². The van der Waals surface area contributed by atoms with E-state index < -0.39 is 5.97 Å². The number of aromatic carboxylic acids is 1. The Balaban J connectivity index is 3.20. The molecule has 0 bridgehead atoms. The third-order valence-corrected chi connectivity index (χ3v) is 4.07. The molecule has 0 saturated heterocycles. The van der Waals surface area contributed by atoms with Gasteiger partial charge in [0.2, 0.25) is 0 Å². The summed E-state index contributed by atoms with van der Waals surface area (Å²) in [6, 6.07) is 0. The fourth-order valence-corrected chi connectivity index (χ4v) is 2.57. The molecule has 1 rings (SSSR count). The summed E-state index contributed by atoms with van der Waals surface area (Å²) in [7, 11) is 0. The van der Waals surface area contributed by atoms with Crippen molar-refractivity contribution in [1.82, 2.24) is 9.97 Å². The Morgan fingerprint density at radius 1 is 1.47 bits per heavy atom. The van der Waals surface area contributed by atoms with Gasteiger partial charge in [-0.2, -0.15) is 0 Å². The molecule has 1 N–H and O–H groups in total. The van der Waals surface area contributed by atoms with Crippen LogP contribution in [0, 0.1) is 6.92 Å². The molecule has 0 unspecified atom stereocenters. The van der Waals surface area contributed by atoms with Crippen molar-refractivity contribution in [2.45, 2.75) is 31.7 Å². The molecular formula is C12H14Cl2N2O2S. The van der Waals surface area contributed by atoms with Crippen LogP contribution in [0.1, 0.15) is 41.6 Å². The van der Waals surface area contributed by atoms with Crippen molar-refractivity contribution < 1.29 is 9.90 Å². The van der Waals surface area contributed by atoms with Crippen LogP contribution in [-0.2, 0) is 0 Å². The summed E-state index contributed by atoms with van der Waals surface area (Å²) in [5.41, 5.74) is 1.83. The van der Waals surface area contributed by atoms with Crippen molar-refractivity contribution in [3.8, 4) is 0 Å². The van der Waals surface area contributed by atoms with Gasteiger partial charge in [-0.15, -0.1) is 0 Å². The Morgan fingerprint density at radius 2 is 2.11 bits per heavy atom. The SMILES string of the molecule is Cc1nc(C(C)C)nc(SCC(Cl)=CCl)c1C(=O)O. The van der Waals surface area contributed by atoms with E-state index in [9.17, 15) is 9.90 Å². The van der Waals surface area contributed by atoms with Gasteiger partial charge in [-0.1, -0.05) is 48.8 Å². The third kappa shape index (κ3) is 4.37. The van der Waals surface area contributed by atoms with E-state index in [2.05, 4.69) is 9.97 Å². The van der Waals surface area contributed by atoms with Gasteiger partial charge >= 0.3 is 5.97 Å². The molecule has 0 aromatic carbocycles. The third-order valence-electron chi connectivity index (χ3n) is 2.27. The monoisotopic (exact) mass is 320 g/mol. The van der Waals surface area contributed by atoms with Gasteiger partial charge in [0.05, 0.1) is 5.69 Å². The minimum Gasteiger partial charge on any atom is -0.478 e. The first-order valence-corrected chi connectivity index (χ1v) is 7.36. The number of nitrogens with zero attached hydrogens (tertiary/aromatic N) is 2. The van der Waals surface area contributed by atoms with Crippen molar-refractivity contribution in [1.29, 1.82) is 0 Å².